The summed E-state index contributed by atoms with van der Waals surface area (Å²) in [5.41, 5.74) is 6.39. The fraction of sp³-hybridized carbons (Fsp3) is 0.909. The SMILES string of the molecule is CC1CCCCN1C(=O)CN1CCN(C(=O)C2CC3CCCC(C2)C3N)CC1. The Morgan fingerprint density at radius 3 is 2.21 bits per heavy atom. The van der Waals surface area contributed by atoms with Crippen LogP contribution in [0.4, 0.5) is 0 Å². The molecule has 2 aliphatic heterocycles. The van der Waals surface area contributed by atoms with Crippen LogP contribution in [0.25, 0.3) is 0 Å². The monoisotopic (exact) mass is 390 g/mol. The van der Waals surface area contributed by atoms with Gasteiger partial charge in [0.05, 0.1) is 6.54 Å². The Kier molecular flexibility index (Phi) is 6.26. The Morgan fingerprint density at radius 1 is 0.893 bits per heavy atom. The Balaban J connectivity index is 1.25. The van der Waals surface area contributed by atoms with E-state index in [1.165, 1.54) is 25.7 Å². The van der Waals surface area contributed by atoms with Gasteiger partial charge in [-0.1, -0.05) is 6.42 Å². The standard InChI is InChI=1S/C22H38N4O2/c1-16-5-2-3-8-26(16)20(27)15-24-9-11-25(12-10-24)22(28)19-13-17-6-4-7-18(14-19)21(17)23/h16-19,21H,2-15,23H2,1H3. The number of likely N-dealkylation sites (tertiary alicyclic amines) is 1. The van der Waals surface area contributed by atoms with Gasteiger partial charge in [0, 0.05) is 50.7 Å². The van der Waals surface area contributed by atoms with Gasteiger partial charge in [-0.3, -0.25) is 14.5 Å². The van der Waals surface area contributed by atoms with Gasteiger partial charge in [0.25, 0.3) is 0 Å². The van der Waals surface area contributed by atoms with E-state index < -0.39 is 0 Å². The van der Waals surface area contributed by atoms with E-state index in [-0.39, 0.29) is 11.8 Å². The fourth-order valence-corrected chi connectivity index (χ4v) is 6.13. The molecule has 4 fully saturated rings. The zero-order valence-electron chi connectivity index (χ0n) is 17.5. The molecule has 2 saturated heterocycles. The third-order valence-electron chi connectivity index (χ3n) is 7.93. The summed E-state index contributed by atoms with van der Waals surface area (Å²) in [7, 11) is 0. The van der Waals surface area contributed by atoms with Crippen LogP contribution >= 0.6 is 0 Å². The molecule has 158 valence electrons. The first-order valence-electron chi connectivity index (χ1n) is 11.6. The van der Waals surface area contributed by atoms with Crippen LogP contribution in [0.15, 0.2) is 0 Å². The van der Waals surface area contributed by atoms with Gasteiger partial charge in [0.2, 0.25) is 11.8 Å². The van der Waals surface area contributed by atoms with Crippen LogP contribution in [0, 0.1) is 17.8 Å². The maximum absolute atomic E-state index is 13.1. The zero-order chi connectivity index (χ0) is 19.7. The number of carbonyl (C=O) groups is 2. The number of hydrogen-bond acceptors (Lipinski definition) is 4. The normalized spacial score (nSPS) is 37.0. The van der Waals surface area contributed by atoms with Gasteiger partial charge in [0.15, 0.2) is 0 Å². The molecule has 0 aromatic rings. The Hall–Kier alpha value is -1.14. The maximum atomic E-state index is 13.1. The van der Waals surface area contributed by atoms with Crippen molar-refractivity contribution in [3.8, 4) is 0 Å². The number of carbonyl (C=O) groups excluding carboxylic acids is 2. The van der Waals surface area contributed by atoms with Gasteiger partial charge in [-0.25, -0.2) is 0 Å². The Bertz CT molecular complexity index is 561. The number of nitrogens with two attached hydrogens (primary N) is 1. The molecule has 2 N–H and O–H groups in total. The summed E-state index contributed by atoms with van der Waals surface area (Å²) in [4.78, 5) is 32.1. The van der Waals surface area contributed by atoms with E-state index >= 15 is 0 Å². The van der Waals surface area contributed by atoms with Crippen LogP contribution in [-0.2, 0) is 9.59 Å². The smallest absolute Gasteiger partial charge is 0.236 e. The van der Waals surface area contributed by atoms with Crippen molar-refractivity contribution >= 4 is 11.8 Å². The molecule has 6 heteroatoms. The summed E-state index contributed by atoms with van der Waals surface area (Å²) >= 11 is 0. The quantitative estimate of drug-likeness (QED) is 0.796. The average molecular weight is 391 g/mol. The van der Waals surface area contributed by atoms with Crippen molar-refractivity contribution in [2.75, 3.05) is 39.3 Å². The molecule has 6 nitrogen and oxygen atoms in total. The van der Waals surface area contributed by atoms with Gasteiger partial charge < -0.3 is 15.5 Å². The summed E-state index contributed by atoms with van der Waals surface area (Å²) in [6, 6.07) is 0.694. The van der Waals surface area contributed by atoms with Crippen LogP contribution in [0.2, 0.25) is 0 Å². The lowest BCUT2D eigenvalue weighted by Crippen LogP contribution is -2.55. The highest BCUT2D eigenvalue weighted by molar-refractivity contribution is 5.80. The first kappa shape index (κ1) is 20.1. The number of nitrogens with zero attached hydrogens (tertiary/aromatic N) is 3. The highest BCUT2D eigenvalue weighted by Crippen LogP contribution is 2.42. The van der Waals surface area contributed by atoms with E-state index in [0.29, 0.717) is 36.4 Å². The lowest BCUT2D eigenvalue weighted by molar-refractivity contribution is -0.141. The molecule has 0 aromatic heterocycles. The molecule has 0 spiro atoms. The number of rotatable bonds is 3. The zero-order valence-corrected chi connectivity index (χ0v) is 17.5. The minimum Gasteiger partial charge on any atom is -0.340 e. The summed E-state index contributed by atoms with van der Waals surface area (Å²) < 4.78 is 0. The fourth-order valence-electron chi connectivity index (χ4n) is 6.13. The predicted molar refractivity (Wildman–Crippen MR) is 110 cm³/mol. The summed E-state index contributed by atoms with van der Waals surface area (Å²) in [6.45, 7) is 6.75. The maximum Gasteiger partial charge on any atom is 0.236 e. The van der Waals surface area contributed by atoms with Crippen LogP contribution in [0.1, 0.15) is 58.3 Å². The molecule has 28 heavy (non-hydrogen) atoms. The molecular weight excluding hydrogens is 352 g/mol. The molecule has 0 aromatic carbocycles. The van der Waals surface area contributed by atoms with Crippen molar-refractivity contribution in [3.05, 3.63) is 0 Å². The first-order chi connectivity index (χ1) is 13.5. The van der Waals surface area contributed by atoms with Crippen molar-refractivity contribution in [2.45, 2.75) is 70.4 Å². The third-order valence-corrected chi connectivity index (χ3v) is 7.93. The summed E-state index contributed by atoms with van der Waals surface area (Å²) in [5.74, 6) is 1.89. The number of amides is 2. The molecule has 2 aliphatic carbocycles. The molecule has 2 heterocycles. The Morgan fingerprint density at radius 2 is 1.57 bits per heavy atom. The number of piperidine rings is 1. The van der Waals surface area contributed by atoms with Crippen LogP contribution in [0.5, 0.6) is 0 Å². The van der Waals surface area contributed by atoms with Crippen molar-refractivity contribution in [2.24, 2.45) is 23.5 Å². The van der Waals surface area contributed by atoms with Crippen molar-refractivity contribution < 1.29 is 9.59 Å². The molecule has 3 atom stereocenters. The highest BCUT2D eigenvalue weighted by atomic mass is 16.2. The van der Waals surface area contributed by atoms with Crippen LogP contribution in [-0.4, -0.2) is 77.9 Å². The molecule has 2 saturated carbocycles. The van der Waals surface area contributed by atoms with Gasteiger partial charge in [0.1, 0.15) is 0 Å². The van der Waals surface area contributed by atoms with Crippen molar-refractivity contribution in [1.82, 2.24) is 14.7 Å². The molecule has 3 unspecified atom stereocenters. The van der Waals surface area contributed by atoms with Crippen LogP contribution < -0.4 is 5.73 Å². The van der Waals surface area contributed by atoms with E-state index in [0.717, 1.165) is 58.4 Å². The van der Waals surface area contributed by atoms with E-state index in [9.17, 15) is 9.59 Å². The lowest BCUT2D eigenvalue weighted by Gasteiger charge is -2.45. The van der Waals surface area contributed by atoms with E-state index in [1.54, 1.807) is 0 Å². The molecule has 0 radical (unpaired) electrons. The minimum atomic E-state index is 0.178. The second kappa shape index (κ2) is 8.70. The number of hydrogen-bond donors (Lipinski definition) is 1. The van der Waals surface area contributed by atoms with E-state index in [2.05, 4.69) is 21.6 Å². The third kappa shape index (κ3) is 4.23. The average Bonchev–Trinajstić information content (AvgIpc) is 2.68. The van der Waals surface area contributed by atoms with E-state index in [4.69, 9.17) is 5.73 Å². The van der Waals surface area contributed by atoms with Crippen LogP contribution in [0.3, 0.4) is 0 Å². The highest BCUT2D eigenvalue weighted by Gasteiger charge is 2.42. The van der Waals surface area contributed by atoms with Crippen molar-refractivity contribution in [1.29, 1.82) is 0 Å². The molecule has 2 bridgehead atoms. The van der Waals surface area contributed by atoms with Crippen molar-refractivity contribution in [3.63, 3.8) is 0 Å². The number of piperazine rings is 1. The molecule has 4 aliphatic rings. The summed E-state index contributed by atoms with van der Waals surface area (Å²) in [5, 5.41) is 0. The second-order valence-electron chi connectivity index (χ2n) is 9.73. The van der Waals surface area contributed by atoms with E-state index in [1.807, 2.05) is 0 Å². The first-order valence-corrected chi connectivity index (χ1v) is 11.6. The largest absolute Gasteiger partial charge is 0.340 e. The Labute approximate surface area is 169 Å². The molecule has 4 rings (SSSR count). The minimum absolute atomic E-state index is 0.178. The topological polar surface area (TPSA) is 69.9 Å². The van der Waals surface area contributed by atoms with Gasteiger partial charge in [-0.15, -0.1) is 0 Å². The molecular formula is C22H38N4O2. The second-order valence-corrected chi connectivity index (χ2v) is 9.73. The van der Waals surface area contributed by atoms with Gasteiger partial charge in [-0.05, 0) is 63.7 Å². The van der Waals surface area contributed by atoms with Gasteiger partial charge >= 0.3 is 0 Å². The molecule has 2 amide bonds. The van der Waals surface area contributed by atoms with Gasteiger partial charge in [-0.2, -0.15) is 0 Å². The predicted octanol–water partition coefficient (Wildman–Crippen LogP) is 1.69. The number of fused-ring (bicyclic) bond motifs is 2. The summed E-state index contributed by atoms with van der Waals surface area (Å²) in [6.07, 6.45) is 9.15. The lowest BCUT2D eigenvalue weighted by atomic mass is 9.65.